The Morgan fingerprint density at radius 2 is 2.10 bits per heavy atom. The van der Waals surface area contributed by atoms with Crippen LogP contribution in [0, 0.1) is 5.82 Å². The number of carbonyl (C=O) groups is 1. The van der Waals surface area contributed by atoms with E-state index < -0.39 is 5.82 Å². The quantitative estimate of drug-likeness (QED) is 0.878. The van der Waals surface area contributed by atoms with Crippen LogP contribution in [0.3, 0.4) is 0 Å². The van der Waals surface area contributed by atoms with E-state index in [9.17, 15) is 9.18 Å². The first kappa shape index (κ1) is 15.8. The van der Waals surface area contributed by atoms with Crippen molar-refractivity contribution in [2.75, 3.05) is 25.1 Å². The fourth-order valence-corrected chi connectivity index (χ4v) is 2.43. The molecule has 1 aromatic carbocycles. The van der Waals surface area contributed by atoms with Crippen molar-refractivity contribution in [3.8, 4) is 0 Å². The van der Waals surface area contributed by atoms with Crippen LogP contribution in [-0.4, -0.2) is 31.2 Å². The van der Waals surface area contributed by atoms with Crippen LogP contribution in [0.1, 0.15) is 43.5 Å². The standard InChI is InChI=1S/C16H23FN2O2/c1-3-9-18-14-12(5-4-6-13(14)17)15(20)19-16(2)7-10-21-11-8-16/h4-6,18H,3,7-11H2,1-2H3,(H,19,20). The highest BCUT2D eigenvalue weighted by Crippen LogP contribution is 2.24. The Labute approximate surface area is 125 Å². The smallest absolute Gasteiger partial charge is 0.253 e. The average Bonchev–Trinajstić information content (AvgIpc) is 2.46. The Morgan fingerprint density at radius 3 is 2.76 bits per heavy atom. The molecule has 1 aliphatic rings. The molecule has 0 bridgehead atoms. The van der Waals surface area contributed by atoms with Crippen molar-refractivity contribution in [2.24, 2.45) is 0 Å². The van der Waals surface area contributed by atoms with Crippen LogP contribution in [0.25, 0.3) is 0 Å². The summed E-state index contributed by atoms with van der Waals surface area (Å²) in [5, 5.41) is 6.03. The van der Waals surface area contributed by atoms with Crippen LogP contribution in [0.2, 0.25) is 0 Å². The molecule has 116 valence electrons. The number of carbonyl (C=O) groups excluding carboxylic acids is 1. The molecule has 0 atom stereocenters. The monoisotopic (exact) mass is 294 g/mol. The van der Waals surface area contributed by atoms with Crippen LogP contribution in [0.4, 0.5) is 10.1 Å². The molecule has 0 saturated carbocycles. The van der Waals surface area contributed by atoms with Gasteiger partial charge in [-0.05, 0) is 38.3 Å². The summed E-state index contributed by atoms with van der Waals surface area (Å²) in [6.07, 6.45) is 2.40. The SMILES string of the molecule is CCCNc1c(F)cccc1C(=O)NC1(C)CCOCC1. The first-order valence-corrected chi connectivity index (χ1v) is 7.48. The number of benzene rings is 1. The summed E-state index contributed by atoms with van der Waals surface area (Å²) in [4.78, 5) is 12.5. The lowest BCUT2D eigenvalue weighted by molar-refractivity contribution is 0.0423. The predicted octanol–water partition coefficient (Wildman–Crippen LogP) is 2.95. The van der Waals surface area contributed by atoms with E-state index in [-0.39, 0.29) is 17.1 Å². The van der Waals surface area contributed by atoms with E-state index in [0.29, 0.717) is 25.3 Å². The average molecular weight is 294 g/mol. The van der Waals surface area contributed by atoms with Crippen molar-refractivity contribution in [3.63, 3.8) is 0 Å². The summed E-state index contributed by atoms with van der Waals surface area (Å²) in [6, 6.07) is 4.58. The largest absolute Gasteiger partial charge is 0.382 e. The lowest BCUT2D eigenvalue weighted by Gasteiger charge is -2.34. The van der Waals surface area contributed by atoms with Gasteiger partial charge in [0.05, 0.1) is 11.3 Å². The first-order chi connectivity index (χ1) is 10.1. The zero-order valence-electron chi connectivity index (χ0n) is 12.7. The number of hydrogen-bond donors (Lipinski definition) is 2. The molecule has 21 heavy (non-hydrogen) atoms. The second-order valence-electron chi connectivity index (χ2n) is 5.72. The molecule has 2 N–H and O–H groups in total. The van der Waals surface area contributed by atoms with Gasteiger partial charge in [0, 0.05) is 25.3 Å². The van der Waals surface area contributed by atoms with Gasteiger partial charge in [-0.25, -0.2) is 4.39 Å². The first-order valence-electron chi connectivity index (χ1n) is 7.48. The number of rotatable bonds is 5. The van der Waals surface area contributed by atoms with Crippen molar-refractivity contribution in [1.29, 1.82) is 0 Å². The number of anilines is 1. The summed E-state index contributed by atoms with van der Waals surface area (Å²) in [7, 11) is 0. The molecule has 1 fully saturated rings. The van der Waals surface area contributed by atoms with Crippen molar-refractivity contribution >= 4 is 11.6 Å². The Balaban J connectivity index is 2.16. The molecule has 1 aromatic rings. The summed E-state index contributed by atoms with van der Waals surface area (Å²) in [5.41, 5.74) is 0.354. The third-order valence-corrected chi connectivity index (χ3v) is 3.82. The zero-order valence-corrected chi connectivity index (χ0v) is 12.7. The van der Waals surface area contributed by atoms with E-state index in [0.717, 1.165) is 19.3 Å². The van der Waals surface area contributed by atoms with Gasteiger partial charge in [-0.3, -0.25) is 4.79 Å². The Hall–Kier alpha value is -1.62. The minimum absolute atomic E-state index is 0.238. The molecule has 4 nitrogen and oxygen atoms in total. The van der Waals surface area contributed by atoms with Crippen molar-refractivity contribution in [2.45, 2.75) is 38.6 Å². The highest BCUT2D eigenvalue weighted by Gasteiger charge is 2.30. The van der Waals surface area contributed by atoms with Crippen molar-refractivity contribution in [1.82, 2.24) is 5.32 Å². The maximum atomic E-state index is 13.9. The topological polar surface area (TPSA) is 50.4 Å². The molecule has 2 rings (SSSR count). The summed E-state index contributed by atoms with van der Waals surface area (Å²) in [6.45, 7) is 5.91. The fraction of sp³-hybridized carbons (Fsp3) is 0.562. The van der Waals surface area contributed by atoms with E-state index in [1.807, 2.05) is 13.8 Å². The molecule has 0 radical (unpaired) electrons. The highest BCUT2D eigenvalue weighted by atomic mass is 19.1. The Bertz CT molecular complexity index is 499. The van der Waals surface area contributed by atoms with Gasteiger partial charge in [-0.15, -0.1) is 0 Å². The van der Waals surface area contributed by atoms with Crippen molar-refractivity contribution in [3.05, 3.63) is 29.6 Å². The fourth-order valence-electron chi connectivity index (χ4n) is 2.43. The minimum atomic E-state index is -0.395. The molecule has 1 heterocycles. The second kappa shape index (κ2) is 6.89. The van der Waals surface area contributed by atoms with Crippen LogP contribution >= 0.6 is 0 Å². The summed E-state index contributed by atoms with van der Waals surface area (Å²) < 4.78 is 19.3. The number of amides is 1. The van der Waals surface area contributed by atoms with Crippen LogP contribution in [0.5, 0.6) is 0 Å². The second-order valence-corrected chi connectivity index (χ2v) is 5.72. The number of para-hydroxylation sites is 1. The maximum Gasteiger partial charge on any atom is 0.253 e. The normalized spacial score (nSPS) is 17.3. The highest BCUT2D eigenvalue weighted by molar-refractivity contribution is 6.00. The summed E-state index contributed by atoms with van der Waals surface area (Å²) in [5.74, 6) is -0.634. The Morgan fingerprint density at radius 1 is 1.38 bits per heavy atom. The lowest BCUT2D eigenvalue weighted by atomic mass is 9.92. The van der Waals surface area contributed by atoms with Gasteiger partial charge >= 0.3 is 0 Å². The number of nitrogens with one attached hydrogen (secondary N) is 2. The molecule has 0 aliphatic carbocycles. The van der Waals surface area contributed by atoms with Crippen LogP contribution in [0.15, 0.2) is 18.2 Å². The zero-order chi connectivity index (χ0) is 15.3. The number of halogens is 1. The molecule has 1 aliphatic heterocycles. The van der Waals surface area contributed by atoms with Gasteiger partial charge in [0.15, 0.2) is 0 Å². The summed E-state index contributed by atoms with van der Waals surface area (Å²) >= 11 is 0. The molecular formula is C16H23FN2O2. The molecule has 1 saturated heterocycles. The van der Waals surface area contributed by atoms with E-state index in [1.54, 1.807) is 12.1 Å². The van der Waals surface area contributed by atoms with Gasteiger partial charge in [-0.2, -0.15) is 0 Å². The maximum absolute atomic E-state index is 13.9. The van der Waals surface area contributed by atoms with Gasteiger partial charge in [0.1, 0.15) is 5.82 Å². The molecule has 0 unspecified atom stereocenters. The minimum Gasteiger partial charge on any atom is -0.382 e. The van der Waals surface area contributed by atoms with E-state index in [2.05, 4.69) is 10.6 Å². The van der Waals surface area contributed by atoms with E-state index in [4.69, 9.17) is 4.74 Å². The van der Waals surface area contributed by atoms with Gasteiger partial charge in [0.25, 0.3) is 5.91 Å². The molecule has 1 amide bonds. The van der Waals surface area contributed by atoms with Crippen molar-refractivity contribution < 1.29 is 13.9 Å². The molecule has 0 aromatic heterocycles. The van der Waals surface area contributed by atoms with Gasteiger partial charge < -0.3 is 15.4 Å². The van der Waals surface area contributed by atoms with Crippen LogP contribution < -0.4 is 10.6 Å². The predicted molar refractivity (Wildman–Crippen MR) is 81.1 cm³/mol. The third-order valence-electron chi connectivity index (χ3n) is 3.82. The van der Waals surface area contributed by atoms with E-state index >= 15 is 0 Å². The molecular weight excluding hydrogens is 271 g/mol. The van der Waals surface area contributed by atoms with Gasteiger partial charge in [-0.1, -0.05) is 13.0 Å². The lowest BCUT2D eigenvalue weighted by Crippen LogP contribution is -2.49. The number of ether oxygens (including phenoxy) is 1. The Kier molecular flexibility index (Phi) is 5.17. The van der Waals surface area contributed by atoms with Gasteiger partial charge in [0.2, 0.25) is 0 Å². The molecule has 0 spiro atoms. The van der Waals surface area contributed by atoms with E-state index in [1.165, 1.54) is 6.07 Å². The number of hydrogen-bond acceptors (Lipinski definition) is 3. The van der Waals surface area contributed by atoms with Crippen LogP contribution in [-0.2, 0) is 4.74 Å². The molecule has 5 heteroatoms. The third kappa shape index (κ3) is 3.94.